The van der Waals surface area contributed by atoms with Gasteiger partial charge in [0, 0.05) is 36.3 Å². The third kappa shape index (κ3) is 3.24. The summed E-state index contributed by atoms with van der Waals surface area (Å²) in [4.78, 5) is 21.5. The topological polar surface area (TPSA) is 71.2 Å². The number of aromatic nitrogens is 1. The van der Waals surface area contributed by atoms with Gasteiger partial charge in [0.25, 0.3) is 5.91 Å². The molecule has 0 saturated heterocycles. The summed E-state index contributed by atoms with van der Waals surface area (Å²) in [6.45, 7) is 5.11. The summed E-state index contributed by atoms with van der Waals surface area (Å²) in [7, 11) is 0. The lowest BCUT2D eigenvalue weighted by Gasteiger charge is -2.26. The van der Waals surface area contributed by atoms with Crippen molar-refractivity contribution in [2.45, 2.75) is 19.9 Å². The van der Waals surface area contributed by atoms with Crippen molar-refractivity contribution >= 4 is 49.6 Å². The van der Waals surface area contributed by atoms with Crippen LogP contribution in [0.4, 0.5) is 11.4 Å². The van der Waals surface area contributed by atoms with Gasteiger partial charge in [-0.3, -0.25) is 9.69 Å². The first-order valence-corrected chi connectivity index (χ1v) is 10.7. The molecule has 3 N–H and O–H groups in total. The normalized spacial score (nSPS) is 14.2. The van der Waals surface area contributed by atoms with Gasteiger partial charge in [-0.15, -0.1) is 11.3 Å². The van der Waals surface area contributed by atoms with E-state index in [1.165, 1.54) is 16.9 Å². The number of rotatable bonds is 3. The van der Waals surface area contributed by atoms with Crippen LogP contribution in [0.1, 0.15) is 27.9 Å². The standard InChI is InChI=1S/C23H22N4OS/c1-2-27-10-9-19-16(13-27)12-18-20(24)21(29-23(18)26-19)22(28)25-17-8-7-14-5-3-4-6-15(14)11-17/h3-8,11-12H,2,9-10,13,24H2,1H3,(H,25,28). The number of hydrogen-bond donors (Lipinski definition) is 2. The first kappa shape index (κ1) is 18.1. The van der Waals surface area contributed by atoms with Crippen molar-refractivity contribution in [3.05, 3.63) is 64.7 Å². The SMILES string of the molecule is CCN1CCc2nc3sc(C(=O)Nc4ccc5ccccc5c4)c(N)c3cc2C1. The maximum absolute atomic E-state index is 12.9. The molecule has 2 aromatic heterocycles. The number of amides is 1. The number of nitrogens with two attached hydrogens (primary N) is 1. The Morgan fingerprint density at radius 1 is 1.21 bits per heavy atom. The van der Waals surface area contributed by atoms with E-state index in [-0.39, 0.29) is 5.91 Å². The predicted octanol–water partition coefficient (Wildman–Crippen LogP) is 4.66. The van der Waals surface area contributed by atoms with Crippen molar-refractivity contribution < 1.29 is 4.79 Å². The number of pyridine rings is 1. The quantitative estimate of drug-likeness (QED) is 0.523. The van der Waals surface area contributed by atoms with Crippen LogP contribution in [0.2, 0.25) is 0 Å². The second-order valence-electron chi connectivity index (χ2n) is 7.43. The zero-order chi connectivity index (χ0) is 20.0. The average molecular weight is 403 g/mol. The number of carbonyl (C=O) groups excluding carboxylic acids is 1. The zero-order valence-corrected chi connectivity index (χ0v) is 17.1. The van der Waals surface area contributed by atoms with E-state index in [2.05, 4.69) is 29.3 Å². The Labute approximate surface area is 173 Å². The van der Waals surface area contributed by atoms with Gasteiger partial charge in [-0.1, -0.05) is 37.3 Å². The number of hydrogen-bond acceptors (Lipinski definition) is 5. The number of anilines is 2. The first-order chi connectivity index (χ1) is 14.1. The third-order valence-electron chi connectivity index (χ3n) is 5.61. The van der Waals surface area contributed by atoms with Gasteiger partial charge in [-0.05, 0) is 41.1 Å². The smallest absolute Gasteiger partial charge is 0.267 e. The van der Waals surface area contributed by atoms with Crippen LogP contribution in [0, 0.1) is 0 Å². The van der Waals surface area contributed by atoms with Gasteiger partial charge in [0.2, 0.25) is 0 Å². The number of nitrogens with one attached hydrogen (secondary N) is 1. The van der Waals surface area contributed by atoms with Gasteiger partial charge in [0.15, 0.2) is 0 Å². The second kappa shape index (κ2) is 7.13. The molecule has 1 aliphatic heterocycles. The molecular weight excluding hydrogens is 380 g/mol. The van der Waals surface area contributed by atoms with Crippen molar-refractivity contribution in [1.82, 2.24) is 9.88 Å². The number of thiophene rings is 1. The fourth-order valence-electron chi connectivity index (χ4n) is 3.95. The molecule has 3 heterocycles. The summed E-state index contributed by atoms with van der Waals surface area (Å²) >= 11 is 1.37. The Kier molecular flexibility index (Phi) is 4.45. The van der Waals surface area contributed by atoms with E-state index < -0.39 is 0 Å². The molecule has 2 aromatic carbocycles. The fraction of sp³-hybridized carbons (Fsp3) is 0.217. The molecule has 29 heavy (non-hydrogen) atoms. The highest BCUT2D eigenvalue weighted by Gasteiger charge is 2.22. The number of nitrogen functional groups attached to an aromatic ring is 1. The minimum atomic E-state index is -0.186. The fourth-order valence-corrected chi connectivity index (χ4v) is 4.94. The van der Waals surface area contributed by atoms with Crippen molar-refractivity contribution in [2.75, 3.05) is 24.1 Å². The maximum atomic E-state index is 12.9. The molecule has 4 aromatic rings. The highest BCUT2D eigenvalue weighted by molar-refractivity contribution is 7.21. The lowest BCUT2D eigenvalue weighted by molar-refractivity contribution is 0.103. The Morgan fingerprint density at radius 2 is 2.03 bits per heavy atom. The third-order valence-corrected chi connectivity index (χ3v) is 6.72. The molecule has 0 fully saturated rings. The van der Waals surface area contributed by atoms with Crippen LogP contribution in [0.15, 0.2) is 48.5 Å². The van der Waals surface area contributed by atoms with Crippen LogP contribution in [-0.4, -0.2) is 28.9 Å². The summed E-state index contributed by atoms with van der Waals surface area (Å²) < 4.78 is 0. The van der Waals surface area contributed by atoms with E-state index in [9.17, 15) is 4.79 Å². The molecular formula is C23H22N4OS. The minimum absolute atomic E-state index is 0.186. The van der Waals surface area contributed by atoms with Crippen LogP contribution >= 0.6 is 11.3 Å². The van der Waals surface area contributed by atoms with E-state index in [0.717, 1.165) is 58.4 Å². The molecule has 5 nitrogen and oxygen atoms in total. The lowest BCUT2D eigenvalue weighted by Crippen LogP contribution is -2.30. The molecule has 0 saturated carbocycles. The summed E-state index contributed by atoms with van der Waals surface area (Å²) in [5, 5.41) is 6.11. The van der Waals surface area contributed by atoms with Crippen molar-refractivity contribution in [3.63, 3.8) is 0 Å². The van der Waals surface area contributed by atoms with Crippen LogP contribution in [0.25, 0.3) is 21.0 Å². The van der Waals surface area contributed by atoms with Gasteiger partial charge >= 0.3 is 0 Å². The first-order valence-electron chi connectivity index (χ1n) is 9.85. The Balaban J connectivity index is 1.47. The molecule has 0 spiro atoms. The largest absolute Gasteiger partial charge is 0.397 e. The summed E-state index contributed by atoms with van der Waals surface area (Å²) in [5.74, 6) is -0.186. The molecule has 5 rings (SSSR count). The highest BCUT2D eigenvalue weighted by atomic mass is 32.1. The van der Waals surface area contributed by atoms with Gasteiger partial charge in [-0.25, -0.2) is 4.98 Å². The van der Waals surface area contributed by atoms with Gasteiger partial charge < -0.3 is 11.1 Å². The molecule has 1 amide bonds. The van der Waals surface area contributed by atoms with Crippen molar-refractivity contribution in [3.8, 4) is 0 Å². The Hall–Kier alpha value is -2.96. The summed E-state index contributed by atoms with van der Waals surface area (Å²) in [5.41, 5.74) is 10.0. The minimum Gasteiger partial charge on any atom is -0.397 e. The van der Waals surface area contributed by atoms with Crippen LogP contribution in [0.3, 0.4) is 0 Å². The Bertz CT molecular complexity index is 1250. The average Bonchev–Trinajstić information content (AvgIpc) is 3.07. The van der Waals surface area contributed by atoms with Crippen LogP contribution in [0.5, 0.6) is 0 Å². The summed E-state index contributed by atoms with van der Waals surface area (Å²) in [6.07, 6.45) is 0.940. The monoisotopic (exact) mass is 402 g/mol. The van der Waals surface area contributed by atoms with Gasteiger partial charge in [-0.2, -0.15) is 0 Å². The number of nitrogens with zero attached hydrogens (tertiary/aromatic N) is 2. The van der Waals surface area contributed by atoms with Crippen molar-refractivity contribution in [2.24, 2.45) is 0 Å². The molecule has 0 bridgehead atoms. The number of likely N-dealkylation sites (N-methyl/N-ethyl adjacent to an activating group) is 1. The number of fused-ring (bicyclic) bond motifs is 3. The molecule has 146 valence electrons. The van der Waals surface area contributed by atoms with E-state index in [1.807, 2.05) is 36.4 Å². The van der Waals surface area contributed by atoms with Gasteiger partial charge in [0.05, 0.1) is 5.69 Å². The van der Waals surface area contributed by atoms with E-state index in [0.29, 0.717) is 10.6 Å². The lowest BCUT2D eigenvalue weighted by atomic mass is 10.0. The Morgan fingerprint density at radius 3 is 2.86 bits per heavy atom. The van der Waals surface area contributed by atoms with Gasteiger partial charge in [0.1, 0.15) is 9.71 Å². The number of carbonyl (C=O) groups is 1. The number of benzene rings is 2. The van der Waals surface area contributed by atoms with E-state index in [1.54, 1.807) is 0 Å². The molecule has 0 aliphatic carbocycles. The van der Waals surface area contributed by atoms with Crippen molar-refractivity contribution in [1.29, 1.82) is 0 Å². The van der Waals surface area contributed by atoms with Crippen LogP contribution < -0.4 is 11.1 Å². The molecule has 0 radical (unpaired) electrons. The molecule has 6 heteroatoms. The zero-order valence-electron chi connectivity index (χ0n) is 16.2. The maximum Gasteiger partial charge on any atom is 0.267 e. The highest BCUT2D eigenvalue weighted by Crippen LogP contribution is 2.35. The molecule has 0 unspecified atom stereocenters. The van der Waals surface area contributed by atoms with E-state index in [4.69, 9.17) is 10.7 Å². The molecule has 1 aliphatic rings. The van der Waals surface area contributed by atoms with E-state index >= 15 is 0 Å². The second-order valence-corrected chi connectivity index (χ2v) is 8.43. The predicted molar refractivity (Wildman–Crippen MR) is 121 cm³/mol. The summed E-state index contributed by atoms with van der Waals surface area (Å²) in [6, 6.07) is 16.1. The van der Waals surface area contributed by atoms with Crippen LogP contribution in [-0.2, 0) is 13.0 Å². The molecule has 0 atom stereocenters.